The fourth-order valence-corrected chi connectivity index (χ4v) is 3.16. The molecule has 0 radical (unpaired) electrons. The number of hydrogen-bond acceptors (Lipinski definition) is 5. The van der Waals surface area contributed by atoms with Gasteiger partial charge in [-0.25, -0.2) is 0 Å². The molecule has 1 fully saturated rings. The van der Waals surface area contributed by atoms with E-state index in [1.807, 2.05) is 44.2 Å². The molecular weight excluding hydrogens is 328 g/mol. The highest BCUT2D eigenvalue weighted by molar-refractivity contribution is 6.06. The van der Waals surface area contributed by atoms with E-state index in [0.717, 1.165) is 29.4 Å². The molecular formula is C20H22N4O2. The van der Waals surface area contributed by atoms with Crippen LogP contribution in [0.4, 0.5) is 0 Å². The van der Waals surface area contributed by atoms with Gasteiger partial charge < -0.3 is 9.42 Å². The van der Waals surface area contributed by atoms with E-state index in [9.17, 15) is 4.79 Å². The van der Waals surface area contributed by atoms with Gasteiger partial charge in [0, 0.05) is 30.0 Å². The molecule has 0 bridgehead atoms. The van der Waals surface area contributed by atoms with Gasteiger partial charge in [0.1, 0.15) is 0 Å². The van der Waals surface area contributed by atoms with Crippen molar-refractivity contribution in [2.24, 2.45) is 0 Å². The number of carbonyl (C=O) groups excluding carboxylic acids is 1. The van der Waals surface area contributed by atoms with E-state index in [1.54, 1.807) is 11.8 Å². The third-order valence-electron chi connectivity index (χ3n) is 4.73. The number of aromatic nitrogens is 3. The molecule has 0 atom stereocenters. The number of fused-ring (bicyclic) bond motifs is 1. The first-order valence-electron chi connectivity index (χ1n) is 9.03. The van der Waals surface area contributed by atoms with Gasteiger partial charge in [0.2, 0.25) is 5.89 Å². The predicted molar refractivity (Wildman–Crippen MR) is 97.8 cm³/mol. The first kappa shape index (κ1) is 16.7. The molecule has 4 rings (SSSR count). The Morgan fingerprint density at radius 2 is 2.04 bits per heavy atom. The molecule has 0 aliphatic heterocycles. The average Bonchev–Trinajstić information content (AvgIpc) is 3.40. The Hall–Kier alpha value is -2.76. The van der Waals surface area contributed by atoms with Gasteiger partial charge >= 0.3 is 0 Å². The second kappa shape index (κ2) is 6.52. The summed E-state index contributed by atoms with van der Waals surface area (Å²) in [6, 6.07) is 9.82. The quantitative estimate of drug-likeness (QED) is 0.699. The van der Waals surface area contributed by atoms with Crippen LogP contribution < -0.4 is 0 Å². The minimum atomic E-state index is -0.0250. The fraction of sp³-hybridized carbons (Fsp3) is 0.400. The second-order valence-corrected chi connectivity index (χ2v) is 7.14. The van der Waals surface area contributed by atoms with Gasteiger partial charge in [-0.3, -0.25) is 9.78 Å². The van der Waals surface area contributed by atoms with Crippen LogP contribution in [0, 0.1) is 6.92 Å². The summed E-state index contributed by atoms with van der Waals surface area (Å²) in [5, 5.41) is 4.83. The third kappa shape index (κ3) is 3.19. The third-order valence-corrected chi connectivity index (χ3v) is 4.73. The molecule has 26 heavy (non-hydrogen) atoms. The standard InChI is InChI=1S/C20H22N4O2/c1-12(2)24(11-19-21-13(3)26-23-19)20(25)16-10-18(14-8-9-14)22-17-7-5-4-6-15(16)17/h4-7,10,12,14H,8-9,11H2,1-3H3. The Balaban J connectivity index is 1.75. The first-order chi connectivity index (χ1) is 12.5. The fourth-order valence-electron chi connectivity index (χ4n) is 3.16. The summed E-state index contributed by atoms with van der Waals surface area (Å²) < 4.78 is 5.05. The van der Waals surface area contributed by atoms with Crippen LogP contribution in [0.2, 0.25) is 0 Å². The molecule has 134 valence electrons. The molecule has 1 aliphatic rings. The highest BCUT2D eigenvalue weighted by Crippen LogP contribution is 2.40. The smallest absolute Gasteiger partial charge is 0.255 e. The number of para-hydroxylation sites is 1. The van der Waals surface area contributed by atoms with Crippen molar-refractivity contribution in [3.8, 4) is 0 Å². The van der Waals surface area contributed by atoms with Gasteiger partial charge in [0.15, 0.2) is 5.82 Å². The summed E-state index contributed by atoms with van der Waals surface area (Å²) in [4.78, 5) is 24.2. The van der Waals surface area contributed by atoms with Gasteiger partial charge in [0.05, 0.1) is 17.6 Å². The molecule has 2 aromatic heterocycles. The highest BCUT2D eigenvalue weighted by Gasteiger charge is 2.29. The van der Waals surface area contributed by atoms with Crippen LogP contribution in [0.3, 0.4) is 0 Å². The molecule has 1 saturated carbocycles. The minimum absolute atomic E-state index is 0.0117. The van der Waals surface area contributed by atoms with Crippen LogP contribution in [0.5, 0.6) is 0 Å². The SMILES string of the molecule is Cc1nc(CN(C(=O)c2cc(C3CC3)nc3ccccc23)C(C)C)no1. The molecule has 0 saturated heterocycles. The molecule has 3 aromatic rings. The lowest BCUT2D eigenvalue weighted by molar-refractivity contribution is 0.0685. The van der Waals surface area contributed by atoms with Crippen LogP contribution >= 0.6 is 0 Å². The molecule has 1 aromatic carbocycles. The number of hydrogen-bond donors (Lipinski definition) is 0. The predicted octanol–water partition coefficient (Wildman–Crippen LogP) is 3.85. The highest BCUT2D eigenvalue weighted by atomic mass is 16.5. The molecule has 1 aliphatic carbocycles. The van der Waals surface area contributed by atoms with Crippen molar-refractivity contribution in [2.75, 3.05) is 0 Å². The maximum absolute atomic E-state index is 13.4. The number of nitrogens with zero attached hydrogens (tertiary/aromatic N) is 4. The van der Waals surface area contributed by atoms with E-state index < -0.39 is 0 Å². The van der Waals surface area contributed by atoms with Gasteiger partial charge in [-0.1, -0.05) is 23.4 Å². The van der Waals surface area contributed by atoms with Crippen LogP contribution in [-0.2, 0) is 6.54 Å². The number of aryl methyl sites for hydroxylation is 1. The van der Waals surface area contributed by atoms with Crippen molar-refractivity contribution in [1.82, 2.24) is 20.0 Å². The summed E-state index contributed by atoms with van der Waals surface area (Å²) in [6.07, 6.45) is 2.30. The Kier molecular flexibility index (Phi) is 4.18. The second-order valence-electron chi connectivity index (χ2n) is 7.14. The van der Waals surface area contributed by atoms with Gasteiger partial charge in [-0.05, 0) is 38.8 Å². The zero-order valence-corrected chi connectivity index (χ0v) is 15.3. The summed E-state index contributed by atoms with van der Waals surface area (Å²) in [7, 11) is 0. The van der Waals surface area contributed by atoms with Gasteiger partial charge in [-0.2, -0.15) is 4.98 Å². The zero-order valence-electron chi connectivity index (χ0n) is 15.3. The van der Waals surface area contributed by atoms with Crippen LogP contribution in [0.1, 0.15) is 60.4 Å². The number of carbonyl (C=O) groups is 1. The lowest BCUT2D eigenvalue weighted by atomic mass is 10.0. The summed E-state index contributed by atoms with van der Waals surface area (Å²) in [6.45, 7) is 6.06. The molecule has 6 nitrogen and oxygen atoms in total. The number of rotatable bonds is 5. The number of amides is 1. The summed E-state index contributed by atoms with van der Waals surface area (Å²) in [5.41, 5.74) is 2.59. The Morgan fingerprint density at radius 1 is 1.27 bits per heavy atom. The first-order valence-corrected chi connectivity index (χ1v) is 9.03. The monoisotopic (exact) mass is 350 g/mol. The van der Waals surface area contributed by atoms with Crippen LogP contribution in [0.25, 0.3) is 10.9 Å². The molecule has 2 heterocycles. The zero-order chi connectivity index (χ0) is 18.3. The molecule has 0 unspecified atom stereocenters. The van der Waals surface area contributed by atoms with Crippen molar-refractivity contribution in [1.29, 1.82) is 0 Å². The van der Waals surface area contributed by atoms with Crippen molar-refractivity contribution >= 4 is 16.8 Å². The minimum Gasteiger partial charge on any atom is -0.340 e. The van der Waals surface area contributed by atoms with Crippen molar-refractivity contribution in [2.45, 2.75) is 52.1 Å². The van der Waals surface area contributed by atoms with E-state index in [2.05, 4.69) is 10.1 Å². The van der Waals surface area contributed by atoms with E-state index in [0.29, 0.717) is 29.7 Å². The summed E-state index contributed by atoms with van der Waals surface area (Å²) >= 11 is 0. The lowest BCUT2D eigenvalue weighted by Crippen LogP contribution is -2.37. The molecule has 0 spiro atoms. The largest absolute Gasteiger partial charge is 0.340 e. The molecule has 6 heteroatoms. The van der Waals surface area contributed by atoms with E-state index in [1.165, 1.54) is 0 Å². The van der Waals surface area contributed by atoms with Gasteiger partial charge in [-0.15, -0.1) is 0 Å². The Morgan fingerprint density at radius 3 is 2.69 bits per heavy atom. The molecule has 1 amide bonds. The average molecular weight is 350 g/mol. The number of benzene rings is 1. The maximum atomic E-state index is 13.4. The normalized spacial score (nSPS) is 14.2. The van der Waals surface area contributed by atoms with Crippen molar-refractivity contribution in [3.05, 3.63) is 53.3 Å². The molecule has 0 N–H and O–H groups in total. The number of pyridine rings is 1. The van der Waals surface area contributed by atoms with Crippen LogP contribution in [0.15, 0.2) is 34.9 Å². The van der Waals surface area contributed by atoms with E-state index in [4.69, 9.17) is 9.51 Å². The summed E-state index contributed by atoms with van der Waals surface area (Å²) in [5.74, 6) is 1.48. The Bertz CT molecular complexity index is 959. The van der Waals surface area contributed by atoms with E-state index in [-0.39, 0.29) is 11.9 Å². The lowest BCUT2D eigenvalue weighted by Gasteiger charge is -2.26. The van der Waals surface area contributed by atoms with Crippen molar-refractivity contribution < 1.29 is 9.32 Å². The van der Waals surface area contributed by atoms with E-state index >= 15 is 0 Å². The van der Waals surface area contributed by atoms with Crippen LogP contribution in [-0.4, -0.2) is 32.0 Å². The van der Waals surface area contributed by atoms with Crippen molar-refractivity contribution in [3.63, 3.8) is 0 Å². The topological polar surface area (TPSA) is 72.1 Å². The van der Waals surface area contributed by atoms with Gasteiger partial charge in [0.25, 0.3) is 5.91 Å². The Labute approximate surface area is 152 Å². The maximum Gasteiger partial charge on any atom is 0.255 e.